The summed E-state index contributed by atoms with van der Waals surface area (Å²) in [5, 5.41) is 23.7. The summed E-state index contributed by atoms with van der Waals surface area (Å²) < 4.78 is 0. The molecule has 0 atom stereocenters. The van der Waals surface area contributed by atoms with Gasteiger partial charge in [-0.05, 0) is 24.3 Å². The Balaban J connectivity index is 2.28. The van der Waals surface area contributed by atoms with E-state index >= 15 is 0 Å². The smallest absolute Gasteiger partial charge is 0.293 e. The quantitative estimate of drug-likeness (QED) is 0.669. The van der Waals surface area contributed by atoms with E-state index in [2.05, 4.69) is 5.32 Å². The third-order valence-electron chi connectivity index (χ3n) is 2.84. The maximum Gasteiger partial charge on any atom is 0.293 e. The van der Waals surface area contributed by atoms with Gasteiger partial charge in [0.1, 0.15) is 5.69 Å². The summed E-state index contributed by atoms with van der Waals surface area (Å²) in [4.78, 5) is 10.5. The zero-order valence-corrected chi connectivity index (χ0v) is 12.1. The highest BCUT2D eigenvalue weighted by atomic mass is 35.5. The molecular formula is C14H9Cl2N3O2. The number of nitrogens with one attached hydrogen (secondary N) is 1. The van der Waals surface area contributed by atoms with Gasteiger partial charge in [0.25, 0.3) is 5.69 Å². The minimum absolute atomic E-state index is 0.169. The van der Waals surface area contributed by atoms with Gasteiger partial charge in [0.05, 0.1) is 16.6 Å². The van der Waals surface area contributed by atoms with E-state index in [1.807, 2.05) is 6.07 Å². The second-order valence-corrected chi connectivity index (χ2v) is 4.97. The lowest BCUT2D eigenvalue weighted by atomic mass is 10.1. The molecule has 2 aromatic carbocycles. The molecule has 0 saturated carbocycles. The average molecular weight is 322 g/mol. The normalized spacial score (nSPS) is 9.95. The molecular weight excluding hydrogens is 313 g/mol. The van der Waals surface area contributed by atoms with Crippen LogP contribution in [-0.4, -0.2) is 4.92 Å². The Labute approximate surface area is 130 Å². The number of nitriles is 1. The van der Waals surface area contributed by atoms with Crippen LogP contribution in [0, 0.1) is 21.4 Å². The van der Waals surface area contributed by atoms with Gasteiger partial charge in [-0.2, -0.15) is 5.26 Å². The molecule has 0 aliphatic carbocycles. The van der Waals surface area contributed by atoms with Crippen LogP contribution in [0.4, 0.5) is 11.4 Å². The van der Waals surface area contributed by atoms with E-state index in [9.17, 15) is 10.1 Å². The number of hydrogen-bond donors (Lipinski definition) is 1. The summed E-state index contributed by atoms with van der Waals surface area (Å²) in [6.45, 7) is 0.241. The minimum Gasteiger partial charge on any atom is -0.375 e. The maximum atomic E-state index is 11.0. The van der Waals surface area contributed by atoms with Crippen LogP contribution in [0.3, 0.4) is 0 Å². The highest BCUT2D eigenvalue weighted by molar-refractivity contribution is 6.36. The molecule has 5 nitrogen and oxygen atoms in total. The Bertz CT molecular complexity index is 721. The fraction of sp³-hybridized carbons (Fsp3) is 0.0714. The van der Waals surface area contributed by atoms with Gasteiger partial charge in [0, 0.05) is 28.2 Å². The van der Waals surface area contributed by atoms with Gasteiger partial charge >= 0.3 is 0 Å². The second kappa shape index (κ2) is 6.44. The summed E-state index contributed by atoms with van der Waals surface area (Å²) in [5.41, 5.74) is 1.01. The lowest BCUT2D eigenvalue weighted by molar-refractivity contribution is -0.384. The number of nitro groups is 1. The Morgan fingerprint density at radius 2 is 1.90 bits per heavy atom. The molecule has 0 heterocycles. The first-order valence-electron chi connectivity index (χ1n) is 5.88. The zero-order valence-electron chi connectivity index (χ0n) is 10.6. The zero-order chi connectivity index (χ0) is 15.4. The maximum absolute atomic E-state index is 11.0. The second-order valence-electron chi connectivity index (χ2n) is 4.15. The number of rotatable bonds is 4. The molecule has 0 unspecified atom stereocenters. The van der Waals surface area contributed by atoms with Crippen molar-refractivity contribution in [1.29, 1.82) is 5.26 Å². The lowest BCUT2D eigenvalue weighted by Gasteiger charge is -2.10. The first-order valence-corrected chi connectivity index (χ1v) is 6.64. The summed E-state index contributed by atoms with van der Waals surface area (Å²) in [7, 11) is 0. The molecule has 0 aromatic heterocycles. The van der Waals surface area contributed by atoms with Crippen molar-refractivity contribution in [3.8, 4) is 6.07 Å². The van der Waals surface area contributed by atoms with Crippen molar-refractivity contribution in [3.63, 3.8) is 0 Å². The SMILES string of the molecule is N#Cc1ccc(NCc2c(Cl)cccc2Cl)c([N+](=O)[O-])c1. The number of benzene rings is 2. The fourth-order valence-corrected chi connectivity index (χ4v) is 2.32. The minimum atomic E-state index is -0.544. The molecule has 7 heteroatoms. The molecule has 2 rings (SSSR count). The van der Waals surface area contributed by atoms with E-state index in [1.165, 1.54) is 18.2 Å². The summed E-state index contributed by atoms with van der Waals surface area (Å²) in [6.07, 6.45) is 0. The van der Waals surface area contributed by atoms with E-state index in [-0.39, 0.29) is 17.8 Å². The van der Waals surface area contributed by atoms with E-state index in [1.54, 1.807) is 18.2 Å². The standard InChI is InChI=1S/C14H9Cl2N3O2/c15-11-2-1-3-12(16)10(11)8-18-13-5-4-9(7-17)6-14(13)19(20)21/h1-6,18H,8H2. The summed E-state index contributed by atoms with van der Waals surface area (Å²) in [6, 6.07) is 11.2. The van der Waals surface area contributed by atoms with Crippen LogP contribution in [-0.2, 0) is 6.54 Å². The van der Waals surface area contributed by atoms with E-state index in [0.717, 1.165) is 0 Å². The number of anilines is 1. The lowest BCUT2D eigenvalue weighted by Crippen LogP contribution is -2.04. The first-order chi connectivity index (χ1) is 10.0. The number of nitro benzene ring substituents is 1. The highest BCUT2D eigenvalue weighted by Gasteiger charge is 2.15. The van der Waals surface area contributed by atoms with Crippen LogP contribution < -0.4 is 5.32 Å². The van der Waals surface area contributed by atoms with Gasteiger partial charge in [-0.15, -0.1) is 0 Å². The molecule has 0 spiro atoms. The van der Waals surface area contributed by atoms with Crippen molar-refractivity contribution in [2.75, 3.05) is 5.32 Å². The van der Waals surface area contributed by atoms with Crippen LogP contribution in [0.2, 0.25) is 10.0 Å². The molecule has 0 saturated heterocycles. The van der Waals surface area contributed by atoms with Gasteiger partial charge < -0.3 is 5.32 Å². The first kappa shape index (κ1) is 15.1. The Hall–Kier alpha value is -2.29. The van der Waals surface area contributed by atoms with Crippen LogP contribution >= 0.6 is 23.2 Å². The molecule has 0 aliphatic heterocycles. The predicted molar refractivity (Wildman–Crippen MR) is 81.6 cm³/mol. The largest absolute Gasteiger partial charge is 0.375 e. The van der Waals surface area contributed by atoms with Crippen LogP contribution in [0.25, 0.3) is 0 Å². The van der Waals surface area contributed by atoms with Crippen molar-refractivity contribution in [1.82, 2.24) is 0 Å². The third-order valence-corrected chi connectivity index (χ3v) is 3.55. The van der Waals surface area contributed by atoms with Crippen molar-refractivity contribution in [2.24, 2.45) is 0 Å². The van der Waals surface area contributed by atoms with E-state index in [4.69, 9.17) is 28.5 Å². The van der Waals surface area contributed by atoms with Gasteiger partial charge in [-0.25, -0.2) is 0 Å². The Kier molecular flexibility index (Phi) is 4.63. The van der Waals surface area contributed by atoms with Crippen molar-refractivity contribution in [3.05, 3.63) is 67.7 Å². The fourth-order valence-electron chi connectivity index (χ4n) is 1.79. The summed E-state index contributed by atoms with van der Waals surface area (Å²) >= 11 is 12.1. The molecule has 2 aromatic rings. The van der Waals surface area contributed by atoms with E-state index < -0.39 is 4.92 Å². The monoisotopic (exact) mass is 321 g/mol. The van der Waals surface area contributed by atoms with Gasteiger partial charge in [-0.1, -0.05) is 29.3 Å². The molecule has 0 fully saturated rings. The van der Waals surface area contributed by atoms with Gasteiger partial charge in [-0.3, -0.25) is 10.1 Å². The number of halogens is 2. The number of nitrogens with zero attached hydrogens (tertiary/aromatic N) is 2. The van der Waals surface area contributed by atoms with Crippen LogP contribution in [0.15, 0.2) is 36.4 Å². The van der Waals surface area contributed by atoms with Gasteiger partial charge in [0.15, 0.2) is 0 Å². The van der Waals surface area contributed by atoms with Gasteiger partial charge in [0.2, 0.25) is 0 Å². The predicted octanol–water partition coefficient (Wildman–Crippen LogP) is 4.39. The summed E-state index contributed by atoms with van der Waals surface area (Å²) in [5.74, 6) is 0. The number of hydrogen-bond acceptors (Lipinski definition) is 4. The van der Waals surface area contributed by atoms with E-state index in [0.29, 0.717) is 21.3 Å². The molecule has 21 heavy (non-hydrogen) atoms. The van der Waals surface area contributed by atoms with Crippen LogP contribution in [0.1, 0.15) is 11.1 Å². The Morgan fingerprint density at radius 3 is 2.48 bits per heavy atom. The topological polar surface area (TPSA) is 79.0 Å². The highest BCUT2D eigenvalue weighted by Crippen LogP contribution is 2.29. The van der Waals surface area contributed by atoms with Crippen molar-refractivity contribution >= 4 is 34.6 Å². The molecule has 1 N–H and O–H groups in total. The van der Waals surface area contributed by atoms with Crippen molar-refractivity contribution < 1.29 is 4.92 Å². The molecule has 0 bridgehead atoms. The molecule has 0 amide bonds. The molecule has 0 radical (unpaired) electrons. The molecule has 0 aliphatic rings. The third kappa shape index (κ3) is 3.43. The Morgan fingerprint density at radius 1 is 1.24 bits per heavy atom. The van der Waals surface area contributed by atoms with Crippen molar-refractivity contribution in [2.45, 2.75) is 6.54 Å². The molecule has 106 valence electrons. The van der Waals surface area contributed by atoms with Crippen LogP contribution in [0.5, 0.6) is 0 Å². The average Bonchev–Trinajstić information content (AvgIpc) is 2.46.